The Hall–Kier alpha value is -0.753. The molecule has 0 aromatic rings. The highest BCUT2D eigenvalue weighted by molar-refractivity contribution is 6.77. The Morgan fingerprint density at radius 3 is 2.00 bits per heavy atom. The van der Waals surface area contributed by atoms with Gasteiger partial charge in [-0.25, -0.2) is 0 Å². The summed E-state index contributed by atoms with van der Waals surface area (Å²) in [6, 6.07) is 0. The minimum atomic E-state index is -2.09. The fourth-order valence-corrected chi connectivity index (χ4v) is 12.3. The highest BCUT2D eigenvalue weighted by Crippen LogP contribution is 2.51. The highest BCUT2D eigenvalue weighted by atomic mass is 28.4. The van der Waals surface area contributed by atoms with E-state index in [9.17, 15) is 4.79 Å². The van der Waals surface area contributed by atoms with Gasteiger partial charge in [0.1, 0.15) is 12.6 Å². The van der Waals surface area contributed by atoms with E-state index < -0.39 is 8.32 Å². The molecule has 0 unspecified atom stereocenters. The standard InChI is InChI=1S/C31H58O4Si/c1-22(2)14-13-17-31(11)28(19-34-21-33-12)18-27(16-15-23(3)4)30(32)29(31)20-35-36(24(5)6,25(7)8)26(9)10/h14-15,24-29H,13,16-21H2,1-12H3/t27-,28+,29-,31+/m1/s1. The lowest BCUT2D eigenvalue weighted by atomic mass is 9.56. The first-order valence-corrected chi connectivity index (χ1v) is 16.4. The largest absolute Gasteiger partial charge is 0.415 e. The summed E-state index contributed by atoms with van der Waals surface area (Å²) < 4.78 is 18.3. The van der Waals surface area contributed by atoms with E-state index in [2.05, 4.69) is 88.3 Å². The molecule has 0 aromatic heterocycles. The zero-order valence-corrected chi connectivity index (χ0v) is 26.7. The molecular weight excluding hydrogens is 464 g/mol. The van der Waals surface area contributed by atoms with Crippen LogP contribution in [-0.4, -0.2) is 41.2 Å². The summed E-state index contributed by atoms with van der Waals surface area (Å²) in [7, 11) is -0.424. The van der Waals surface area contributed by atoms with E-state index in [-0.39, 0.29) is 23.2 Å². The van der Waals surface area contributed by atoms with Crippen molar-refractivity contribution in [3.8, 4) is 0 Å². The molecule has 5 heteroatoms. The molecule has 0 aliphatic heterocycles. The number of rotatable bonds is 15. The Morgan fingerprint density at radius 1 is 0.972 bits per heavy atom. The smallest absolute Gasteiger partial charge is 0.200 e. The van der Waals surface area contributed by atoms with Crippen molar-refractivity contribution in [2.45, 2.75) is 118 Å². The zero-order chi connectivity index (χ0) is 27.7. The Bertz CT molecular complexity index is 709. The van der Waals surface area contributed by atoms with Gasteiger partial charge in [-0.3, -0.25) is 4.79 Å². The number of carbonyl (C=O) groups excluding carboxylic acids is 1. The van der Waals surface area contributed by atoms with Gasteiger partial charge in [-0.2, -0.15) is 0 Å². The number of methoxy groups -OCH3 is 1. The highest BCUT2D eigenvalue weighted by Gasteiger charge is 2.53. The number of carbonyl (C=O) groups is 1. The van der Waals surface area contributed by atoms with Crippen LogP contribution < -0.4 is 0 Å². The van der Waals surface area contributed by atoms with E-state index in [1.807, 2.05) is 0 Å². The number of hydrogen-bond acceptors (Lipinski definition) is 4. The Kier molecular flexibility index (Phi) is 13.9. The minimum absolute atomic E-state index is 0.0226. The molecule has 0 saturated heterocycles. The van der Waals surface area contributed by atoms with E-state index in [0.29, 0.717) is 42.4 Å². The van der Waals surface area contributed by atoms with Gasteiger partial charge >= 0.3 is 0 Å². The van der Waals surface area contributed by atoms with Crippen molar-refractivity contribution in [3.63, 3.8) is 0 Å². The van der Waals surface area contributed by atoms with Crippen molar-refractivity contribution in [1.82, 2.24) is 0 Å². The lowest BCUT2D eigenvalue weighted by molar-refractivity contribution is -0.148. The van der Waals surface area contributed by atoms with Crippen LogP contribution in [0, 0.1) is 23.2 Å². The number of hydrogen-bond donors (Lipinski definition) is 0. The van der Waals surface area contributed by atoms with Gasteiger partial charge in [0.05, 0.1) is 6.61 Å². The summed E-state index contributed by atoms with van der Waals surface area (Å²) in [5.41, 5.74) is 3.91. The van der Waals surface area contributed by atoms with Crippen LogP contribution in [0.3, 0.4) is 0 Å². The van der Waals surface area contributed by atoms with Gasteiger partial charge in [0.15, 0.2) is 8.32 Å². The van der Waals surface area contributed by atoms with Gasteiger partial charge in [0, 0.05) is 25.6 Å². The average molecular weight is 523 g/mol. The second-order valence-corrected chi connectivity index (χ2v) is 18.3. The third-order valence-electron chi connectivity index (χ3n) is 8.82. The third kappa shape index (κ3) is 8.38. The van der Waals surface area contributed by atoms with Crippen LogP contribution in [0.15, 0.2) is 23.3 Å². The van der Waals surface area contributed by atoms with E-state index in [4.69, 9.17) is 13.9 Å². The van der Waals surface area contributed by atoms with Crippen molar-refractivity contribution in [2.75, 3.05) is 27.1 Å². The number of Topliss-reactive ketones (excluding diaryl/α,β-unsaturated/α-hetero) is 1. The van der Waals surface area contributed by atoms with Crippen LogP contribution in [0.4, 0.5) is 0 Å². The quantitative estimate of drug-likeness (QED) is 0.0933. The molecule has 0 aromatic carbocycles. The Balaban J connectivity index is 3.47. The molecule has 0 radical (unpaired) electrons. The maximum atomic E-state index is 14.2. The predicted octanol–water partition coefficient (Wildman–Crippen LogP) is 8.73. The number of ether oxygens (including phenoxy) is 2. The summed E-state index contributed by atoms with van der Waals surface area (Å²) in [4.78, 5) is 14.2. The molecule has 1 aliphatic carbocycles. The molecular formula is C31H58O4Si. The molecule has 1 aliphatic rings. The summed E-state index contributed by atoms with van der Waals surface area (Å²) in [6.45, 7) is 26.2. The van der Waals surface area contributed by atoms with Crippen molar-refractivity contribution in [2.24, 2.45) is 23.2 Å². The van der Waals surface area contributed by atoms with Crippen LogP contribution in [0.2, 0.25) is 16.6 Å². The molecule has 1 rings (SSSR count). The first kappa shape index (κ1) is 33.3. The molecule has 1 fully saturated rings. The number of allylic oxidation sites excluding steroid dienone is 4. The van der Waals surface area contributed by atoms with Gasteiger partial charge in [0.2, 0.25) is 0 Å². The van der Waals surface area contributed by atoms with Gasteiger partial charge in [-0.15, -0.1) is 0 Å². The summed E-state index contributed by atoms with van der Waals surface area (Å²) in [6.07, 6.45) is 8.16. The van der Waals surface area contributed by atoms with E-state index in [0.717, 1.165) is 25.7 Å². The molecule has 0 heterocycles. The topological polar surface area (TPSA) is 44.8 Å². The molecule has 4 atom stereocenters. The molecule has 0 amide bonds. The molecule has 210 valence electrons. The molecule has 0 spiro atoms. The van der Waals surface area contributed by atoms with Crippen LogP contribution in [0.25, 0.3) is 0 Å². The van der Waals surface area contributed by atoms with Crippen molar-refractivity contribution >= 4 is 14.1 Å². The van der Waals surface area contributed by atoms with Crippen LogP contribution >= 0.6 is 0 Å². The van der Waals surface area contributed by atoms with Crippen LogP contribution in [0.1, 0.15) is 102 Å². The van der Waals surface area contributed by atoms with E-state index in [1.54, 1.807) is 7.11 Å². The third-order valence-corrected chi connectivity index (χ3v) is 14.9. The second kappa shape index (κ2) is 15.0. The van der Waals surface area contributed by atoms with Gasteiger partial charge in [-0.05, 0) is 81.3 Å². The first-order valence-electron chi connectivity index (χ1n) is 14.2. The fourth-order valence-electron chi connectivity index (χ4n) is 6.80. The average Bonchev–Trinajstić information content (AvgIpc) is 2.76. The second-order valence-electron chi connectivity index (χ2n) is 12.8. The van der Waals surface area contributed by atoms with E-state index in [1.165, 1.54) is 11.1 Å². The summed E-state index contributed by atoms with van der Waals surface area (Å²) >= 11 is 0. The predicted molar refractivity (Wildman–Crippen MR) is 156 cm³/mol. The van der Waals surface area contributed by atoms with Gasteiger partial charge in [0.25, 0.3) is 0 Å². The monoisotopic (exact) mass is 522 g/mol. The molecule has 0 N–H and O–H groups in total. The minimum Gasteiger partial charge on any atom is -0.415 e. The van der Waals surface area contributed by atoms with Crippen molar-refractivity contribution in [1.29, 1.82) is 0 Å². The summed E-state index contributed by atoms with van der Waals surface area (Å²) in [5, 5.41) is 0. The molecule has 1 saturated carbocycles. The van der Waals surface area contributed by atoms with Gasteiger partial charge in [-0.1, -0.05) is 71.8 Å². The molecule has 36 heavy (non-hydrogen) atoms. The SMILES string of the molecule is COCOC[C@@H]1C[C@@H](CC=C(C)C)C(=O)[C@@H](CO[Si](C(C)C)(C(C)C)C(C)C)[C@@]1(C)CCC=C(C)C. The van der Waals surface area contributed by atoms with Crippen molar-refractivity contribution < 1.29 is 18.7 Å². The lowest BCUT2D eigenvalue weighted by Gasteiger charge is -2.51. The molecule has 4 nitrogen and oxygen atoms in total. The number of ketones is 1. The zero-order valence-electron chi connectivity index (χ0n) is 25.7. The Morgan fingerprint density at radius 2 is 1.53 bits per heavy atom. The van der Waals surface area contributed by atoms with E-state index >= 15 is 0 Å². The van der Waals surface area contributed by atoms with Gasteiger partial charge < -0.3 is 13.9 Å². The first-order chi connectivity index (χ1) is 16.7. The summed E-state index contributed by atoms with van der Waals surface area (Å²) in [5.74, 6) is 0.587. The Labute approximate surface area is 224 Å². The molecule has 0 bridgehead atoms. The van der Waals surface area contributed by atoms with Crippen LogP contribution in [-0.2, 0) is 18.7 Å². The lowest BCUT2D eigenvalue weighted by Crippen LogP contribution is -2.55. The maximum absolute atomic E-state index is 14.2. The van der Waals surface area contributed by atoms with Crippen LogP contribution in [0.5, 0.6) is 0 Å². The maximum Gasteiger partial charge on any atom is 0.200 e. The fraction of sp³-hybridized carbons (Fsp3) is 0.839. The normalized spacial score (nSPS) is 25.1. The van der Waals surface area contributed by atoms with Crippen molar-refractivity contribution in [3.05, 3.63) is 23.3 Å².